The van der Waals surface area contributed by atoms with Crippen LogP contribution in [0.25, 0.3) is 0 Å². The first-order valence-electron chi connectivity index (χ1n) is 9.27. The number of hydrogen-bond acceptors (Lipinski definition) is 5. The van der Waals surface area contributed by atoms with E-state index >= 15 is 0 Å². The summed E-state index contributed by atoms with van der Waals surface area (Å²) in [5.74, 6) is -7.09. The first-order chi connectivity index (χ1) is 15.5. The van der Waals surface area contributed by atoms with E-state index in [-0.39, 0.29) is 18.1 Å². The molecule has 2 aromatic carbocycles. The third-order valence-electron chi connectivity index (χ3n) is 4.33. The van der Waals surface area contributed by atoms with Crippen LogP contribution in [-0.2, 0) is 14.8 Å². The molecule has 0 aromatic heterocycles. The zero-order valence-corrected chi connectivity index (χ0v) is 17.6. The van der Waals surface area contributed by atoms with Crippen LogP contribution in [0.4, 0.5) is 23.2 Å². The molecular formula is C20H16F4N4O4S. The van der Waals surface area contributed by atoms with E-state index in [1.54, 1.807) is 4.72 Å². The predicted molar refractivity (Wildman–Crippen MR) is 110 cm³/mol. The zero-order valence-electron chi connectivity index (χ0n) is 16.8. The number of rotatable bonds is 6. The van der Waals surface area contributed by atoms with Crippen molar-refractivity contribution in [1.29, 1.82) is 0 Å². The second-order valence-corrected chi connectivity index (χ2v) is 8.42. The number of sulfonamides is 1. The van der Waals surface area contributed by atoms with Crippen molar-refractivity contribution in [3.63, 3.8) is 0 Å². The smallest absolute Gasteiger partial charge is 0.267 e. The van der Waals surface area contributed by atoms with Crippen LogP contribution >= 0.6 is 0 Å². The topological polar surface area (TPSA) is 117 Å². The Bertz CT molecular complexity index is 1270. The Kier molecular flexibility index (Phi) is 6.81. The fraction of sp³-hybridized carbons (Fsp3) is 0.150. The number of carbonyl (C=O) groups is 2. The Balaban J connectivity index is 1.83. The molecule has 0 fully saturated rings. The maximum Gasteiger partial charge on any atom is 0.267 e. The van der Waals surface area contributed by atoms with E-state index in [9.17, 15) is 35.6 Å². The number of nitrogens with one attached hydrogen (secondary N) is 3. The number of hydrogen-bond donors (Lipinski definition) is 3. The van der Waals surface area contributed by atoms with Gasteiger partial charge in [0.1, 0.15) is 28.8 Å². The number of nitrogens with zero attached hydrogens (tertiary/aromatic N) is 1. The molecule has 3 rings (SSSR count). The number of benzene rings is 2. The van der Waals surface area contributed by atoms with Crippen LogP contribution < -0.4 is 15.4 Å². The molecule has 0 saturated carbocycles. The molecule has 3 N–H and O–H groups in total. The average Bonchev–Trinajstić information content (AvgIpc) is 2.71. The molecule has 0 radical (unpaired) electrons. The van der Waals surface area contributed by atoms with E-state index in [1.165, 1.54) is 19.2 Å². The number of anilines is 1. The highest BCUT2D eigenvalue weighted by atomic mass is 32.2. The molecular weight excluding hydrogens is 468 g/mol. The number of amides is 2. The highest BCUT2D eigenvalue weighted by molar-refractivity contribution is 7.92. The third-order valence-corrected chi connectivity index (χ3v) is 5.75. The molecule has 8 nitrogen and oxygen atoms in total. The monoisotopic (exact) mass is 484 g/mol. The molecule has 0 saturated heterocycles. The maximum absolute atomic E-state index is 14.9. The molecule has 1 unspecified atom stereocenters. The van der Waals surface area contributed by atoms with E-state index in [1.807, 2.05) is 0 Å². The largest absolute Gasteiger partial charge is 0.344 e. The van der Waals surface area contributed by atoms with Gasteiger partial charge < -0.3 is 10.6 Å². The third kappa shape index (κ3) is 5.37. The normalized spacial score (nSPS) is 15.5. The summed E-state index contributed by atoms with van der Waals surface area (Å²) in [4.78, 5) is 26.0. The molecule has 174 valence electrons. The Morgan fingerprint density at radius 3 is 2.27 bits per heavy atom. The van der Waals surface area contributed by atoms with Crippen molar-refractivity contribution in [3.05, 3.63) is 71.1 Å². The lowest BCUT2D eigenvalue weighted by Crippen LogP contribution is -2.38. The summed E-state index contributed by atoms with van der Waals surface area (Å²) in [5.41, 5.74) is -2.01. The lowest BCUT2D eigenvalue weighted by atomic mass is 10.1. The summed E-state index contributed by atoms with van der Waals surface area (Å²) in [6.45, 7) is 1.28. The zero-order chi connectivity index (χ0) is 24.3. The first-order valence-corrected chi connectivity index (χ1v) is 10.8. The summed E-state index contributed by atoms with van der Waals surface area (Å²) < 4.78 is 83.2. The van der Waals surface area contributed by atoms with Gasteiger partial charge in [0.25, 0.3) is 15.9 Å². The fourth-order valence-electron chi connectivity index (χ4n) is 2.90. The summed E-state index contributed by atoms with van der Waals surface area (Å²) >= 11 is 0. The van der Waals surface area contributed by atoms with Gasteiger partial charge in [0.05, 0.1) is 11.7 Å². The average molecular weight is 484 g/mol. The maximum atomic E-state index is 14.9. The molecule has 1 atom stereocenters. The van der Waals surface area contributed by atoms with Crippen LogP contribution in [0, 0.1) is 23.3 Å². The number of aliphatic imine (C=N–C) groups is 1. The van der Waals surface area contributed by atoms with Gasteiger partial charge in [-0.2, -0.15) is 0 Å². The lowest BCUT2D eigenvalue weighted by Gasteiger charge is -2.18. The standard InChI is InChI=1S/C20H16F4N4O4S/c1-10(29)26-16-8-5-11(9-25-16)27-20(30)17-12(21)6-7-15(18(17)24)28-33(31,32)19-13(22)3-2-4-14(19)23/h2-4,6-9,11,28H,5H2,1H3,(H,26,29)(H,27,30). The van der Waals surface area contributed by atoms with Crippen molar-refractivity contribution in [2.75, 3.05) is 4.72 Å². The minimum atomic E-state index is -4.95. The van der Waals surface area contributed by atoms with E-state index < -0.39 is 61.4 Å². The predicted octanol–water partition coefficient (Wildman–Crippen LogP) is 2.59. The van der Waals surface area contributed by atoms with Gasteiger partial charge in [-0.3, -0.25) is 14.3 Å². The molecule has 0 aliphatic carbocycles. The van der Waals surface area contributed by atoms with E-state index in [0.717, 1.165) is 6.07 Å². The Morgan fingerprint density at radius 2 is 1.70 bits per heavy atom. The molecule has 1 aliphatic rings. The molecule has 2 amide bonds. The quantitative estimate of drug-likeness (QED) is 0.547. The van der Waals surface area contributed by atoms with Crippen molar-refractivity contribution in [3.8, 4) is 0 Å². The van der Waals surface area contributed by atoms with Crippen molar-refractivity contribution < 1.29 is 35.6 Å². The Morgan fingerprint density at radius 1 is 1.03 bits per heavy atom. The molecule has 1 heterocycles. The van der Waals surface area contributed by atoms with Gasteiger partial charge in [0.15, 0.2) is 10.7 Å². The number of halogens is 4. The van der Waals surface area contributed by atoms with Crippen molar-refractivity contribution in [2.24, 2.45) is 4.99 Å². The van der Waals surface area contributed by atoms with Crippen molar-refractivity contribution >= 4 is 33.7 Å². The highest BCUT2D eigenvalue weighted by Gasteiger charge is 2.28. The van der Waals surface area contributed by atoms with Crippen LogP contribution in [0.2, 0.25) is 0 Å². The minimum Gasteiger partial charge on any atom is -0.344 e. The van der Waals surface area contributed by atoms with Crippen molar-refractivity contribution in [1.82, 2.24) is 10.6 Å². The van der Waals surface area contributed by atoms with Gasteiger partial charge in [-0.15, -0.1) is 0 Å². The SMILES string of the molecule is CC(=O)NC1=CCC(NC(=O)c2c(F)ccc(NS(=O)(=O)c3c(F)cccc3F)c2F)C=N1. The molecule has 33 heavy (non-hydrogen) atoms. The molecule has 1 aliphatic heterocycles. The van der Waals surface area contributed by atoms with Gasteiger partial charge in [0.2, 0.25) is 5.91 Å². The van der Waals surface area contributed by atoms with E-state index in [4.69, 9.17) is 0 Å². The van der Waals surface area contributed by atoms with Crippen LogP contribution in [0.5, 0.6) is 0 Å². The summed E-state index contributed by atoms with van der Waals surface area (Å²) in [6, 6.07) is 2.83. The van der Waals surface area contributed by atoms with Gasteiger partial charge >= 0.3 is 0 Å². The first kappa shape index (κ1) is 23.9. The Labute approximate surface area is 185 Å². The fourth-order valence-corrected chi connectivity index (χ4v) is 4.10. The van der Waals surface area contributed by atoms with Gasteiger partial charge in [-0.25, -0.2) is 31.0 Å². The van der Waals surface area contributed by atoms with Crippen LogP contribution in [-0.4, -0.2) is 32.5 Å². The van der Waals surface area contributed by atoms with E-state index in [2.05, 4.69) is 15.6 Å². The lowest BCUT2D eigenvalue weighted by molar-refractivity contribution is -0.118. The molecule has 2 aromatic rings. The van der Waals surface area contributed by atoms with Gasteiger partial charge in [-0.05, 0) is 36.8 Å². The van der Waals surface area contributed by atoms with E-state index in [0.29, 0.717) is 24.3 Å². The number of carbonyl (C=O) groups excluding carboxylic acids is 2. The second kappa shape index (κ2) is 9.40. The van der Waals surface area contributed by atoms with Gasteiger partial charge in [0, 0.05) is 13.1 Å². The highest BCUT2D eigenvalue weighted by Crippen LogP contribution is 2.26. The summed E-state index contributed by atoms with van der Waals surface area (Å²) in [5, 5.41) is 4.74. The molecule has 13 heteroatoms. The Hall–Kier alpha value is -3.74. The van der Waals surface area contributed by atoms with Crippen LogP contribution in [0.1, 0.15) is 23.7 Å². The summed E-state index contributed by atoms with van der Waals surface area (Å²) in [6.07, 6.45) is 2.87. The van der Waals surface area contributed by atoms with Crippen molar-refractivity contribution in [2.45, 2.75) is 24.3 Å². The minimum absolute atomic E-state index is 0.146. The van der Waals surface area contributed by atoms with Gasteiger partial charge in [-0.1, -0.05) is 6.07 Å². The van der Waals surface area contributed by atoms with Crippen LogP contribution in [0.15, 0.2) is 52.1 Å². The second-order valence-electron chi connectivity index (χ2n) is 6.80. The molecule has 0 bridgehead atoms. The van der Waals surface area contributed by atoms with Crippen LogP contribution in [0.3, 0.4) is 0 Å². The molecule has 0 spiro atoms. The summed E-state index contributed by atoms with van der Waals surface area (Å²) in [7, 11) is -4.95.